The lowest BCUT2D eigenvalue weighted by Gasteiger charge is -2.10. The van der Waals surface area contributed by atoms with E-state index < -0.39 is 4.92 Å². The quantitative estimate of drug-likeness (QED) is 0.479. The van der Waals surface area contributed by atoms with Gasteiger partial charge in [0.05, 0.1) is 4.92 Å². The number of non-ortho nitro benzene ring substituents is 1. The lowest BCUT2D eigenvalue weighted by Crippen LogP contribution is -2.24. The summed E-state index contributed by atoms with van der Waals surface area (Å²) in [5, 5.41) is 16.8. The van der Waals surface area contributed by atoms with E-state index in [1.807, 2.05) is 36.6 Å². The smallest absolute Gasteiger partial charge is 0.270 e. The highest BCUT2D eigenvalue weighted by Gasteiger charge is 2.16. The van der Waals surface area contributed by atoms with Crippen molar-refractivity contribution in [2.45, 2.75) is 26.3 Å². The third-order valence-corrected chi connectivity index (χ3v) is 4.95. The molecule has 138 valence electrons. The summed E-state index contributed by atoms with van der Waals surface area (Å²) in [6, 6.07) is 12.3. The van der Waals surface area contributed by atoms with Gasteiger partial charge in [0.15, 0.2) is 0 Å². The van der Waals surface area contributed by atoms with E-state index in [9.17, 15) is 14.9 Å². The van der Waals surface area contributed by atoms with Gasteiger partial charge >= 0.3 is 0 Å². The molecule has 0 atom stereocenters. The summed E-state index contributed by atoms with van der Waals surface area (Å²) < 4.78 is 0. The Labute approximate surface area is 161 Å². The predicted octanol–water partition coefficient (Wildman–Crippen LogP) is 4.60. The van der Waals surface area contributed by atoms with Gasteiger partial charge in [0, 0.05) is 41.4 Å². The molecule has 0 saturated heterocycles. The van der Waals surface area contributed by atoms with Crippen LogP contribution in [0.1, 0.15) is 34.8 Å². The molecule has 0 radical (unpaired) electrons. The van der Waals surface area contributed by atoms with Crippen LogP contribution in [0.5, 0.6) is 0 Å². The number of aryl methyl sites for hydroxylation is 1. The molecule has 27 heavy (non-hydrogen) atoms. The zero-order valence-corrected chi connectivity index (χ0v) is 15.7. The van der Waals surface area contributed by atoms with E-state index in [1.54, 1.807) is 23.6 Å². The molecule has 1 N–H and O–H groups in total. The first kappa shape index (κ1) is 18.7. The van der Waals surface area contributed by atoms with Crippen molar-refractivity contribution in [3.63, 3.8) is 0 Å². The maximum atomic E-state index is 12.7. The lowest BCUT2D eigenvalue weighted by molar-refractivity contribution is -0.384. The summed E-state index contributed by atoms with van der Waals surface area (Å²) in [6.07, 6.45) is 3.31. The van der Waals surface area contributed by atoms with Gasteiger partial charge in [0.1, 0.15) is 5.01 Å². The highest BCUT2D eigenvalue weighted by Crippen LogP contribution is 2.23. The number of nitrogens with zero attached hydrogens (tertiary/aromatic N) is 2. The Kier molecular flexibility index (Phi) is 5.93. The average Bonchev–Trinajstić information content (AvgIpc) is 3.21. The second-order valence-corrected chi connectivity index (χ2v) is 6.96. The molecule has 6 nitrogen and oxygen atoms in total. The van der Waals surface area contributed by atoms with E-state index >= 15 is 0 Å². The molecule has 0 aliphatic rings. The van der Waals surface area contributed by atoms with Crippen molar-refractivity contribution in [3.8, 4) is 10.6 Å². The molecule has 3 aromatic rings. The minimum atomic E-state index is -0.482. The Morgan fingerprint density at radius 1 is 1.26 bits per heavy atom. The number of nitrogens with one attached hydrogen (secondary N) is 1. The van der Waals surface area contributed by atoms with Gasteiger partial charge in [0.2, 0.25) is 0 Å². The Bertz CT molecular complexity index is 955. The predicted molar refractivity (Wildman–Crippen MR) is 106 cm³/mol. The highest BCUT2D eigenvalue weighted by molar-refractivity contribution is 7.13. The van der Waals surface area contributed by atoms with E-state index in [2.05, 4.69) is 10.3 Å². The van der Waals surface area contributed by atoms with Crippen molar-refractivity contribution in [2.75, 3.05) is 0 Å². The number of carbonyl (C=O) groups is 1. The lowest BCUT2D eigenvalue weighted by atomic mass is 10.0. The summed E-state index contributed by atoms with van der Waals surface area (Å²) in [6.45, 7) is 2.35. The molecule has 1 amide bonds. The van der Waals surface area contributed by atoms with E-state index in [0.29, 0.717) is 18.5 Å². The molecule has 1 heterocycles. The molecule has 0 spiro atoms. The van der Waals surface area contributed by atoms with Gasteiger partial charge in [-0.05, 0) is 23.6 Å². The Morgan fingerprint density at radius 3 is 2.81 bits per heavy atom. The van der Waals surface area contributed by atoms with E-state index in [0.717, 1.165) is 28.1 Å². The Morgan fingerprint density at radius 2 is 2.11 bits per heavy atom. The first-order valence-corrected chi connectivity index (χ1v) is 9.50. The van der Waals surface area contributed by atoms with E-state index in [-0.39, 0.29) is 11.6 Å². The molecular formula is C20H19N3O3S. The fraction of sp³-hybridized carbons (Fsp3) is 0.200. The minimum absolute atomic E-state index is 0.0780. The molecule has 2 aromatic carbocycles. The fourth-order valence-electron chi connectivity index (χ4n) is 2.83. The second kappa shape index (κ2) is 8.55. The topological polar surface area (TPSA) is 85.1 Å². The van der Waals surface area contributed by atoms with Gasteiger partial charge in [-0.1, -0.05) is 37.6 Å². The zero-order chi connectivity index (χ0) is 19.2. The van der Waals surface area contributed by atoms with Crippen LogP contribution in [-0.2, 0) is 13.0 Å². The number of hydrogen-bond acceptors (Lipinski definition) is 5. The standard InChI is InChI=1S/C20H19N3O3S/c1-2-4-15-7-8-17(23(25)26)12-18(15)19(24)22-13-14-5-3-6-16(11-14)20-21-9-10-27-20/h3,5-12H,2,4,13H2,1H3,(H,22,24). The van der Waals surface area contributed by atoms with E-state index in [1.165, 1.54) is 12.1 Å². The Balaban J connectivity index is 1.77. The molecular weight excluding hydrogens is 362 g/mol. The number of nitro groups is 1. The van der Waals surface area contributed by atoms with Crippen molar-refractivity contribution in [2.24, 2.45) is 0 Å². The van der Waals surface area contributed by atoms with E-state index in [4.69, 9.17) is 0 Å². The Hall–Kier alpha value is -3.06. The summed E-state index contributed by atoms with van der Waals surface area (Å²) in [7, 11) is 0. The van der Waals surface area contributed by atoms with Crippen LogP contribution in [0, 0.1) is 10.1 Å². The largest absolute Gasteiger partial charge is 0.348 e. The minimum Gasteiger partial charge on any atom is -0.348 e. The average molecular weight is 381 g/mol. The second-order valence-electron chi connectivity index (χ2n) is 6.07. The number of aromatic nitrogens is 1. The van der Waals surface area contributed by atoms with Crippen LogP contribution >= 0.6 is 11.3 Å². The summed E-state index contributed by atoms with van der Waals surface area (Å²) in [5.41, 5.74) is 3.04. The fourth-order valence-corrected chi connectivity index (χ4v) is 3.47. The van der Waals surface area contributed by atoms with Crippen LogP contribution < -0.4 is 5.32 Å². The number of thiazole rings is 1. The van der Waals surface area contributed by atoms with Gasteiger partial charge in [-0.15, -0.1) is 11.3 Å². The molecule has 0 saturated carbocycles. The van der Waals surface area contributed by atoms with Crippen molar-refractivity contribution in [1.29, 1.82) is 0 Å². The number of hydrogen-bond donors (Lipinski definition) is 1. The van der Waals surface area contributed by atoms with Gasteiger partial charge in [-0.25, -0.2) is 4.98 Å². The normalized spacial score (nSPS) is 10.6. The summed E-state index contributed by atoms with van der Waals surface area (Å²) in [5.74, 6) is -0.304. The number of carbonyl (C=O) groups excluding carboxylic acids is 1. The summed E-state index contributed by atoms with van der Waals surface area (Å²) >= 11 is 1.56. The summed E-state index contributed by atoms with van der Waals surface area (Å²) in [4.78, 5) is 27.5. The number of rotatable bonds is 7. The third-order valence-electron chi connectivity index (χ3n) is 4.13. The zero-order valence-electron chi connectivity index (χ0n) is 14.8. The van der Waals surface area contributed by atoms with Gasteiger partial charge in [0.25, 0.3) is 11.6 Å². The van der Waals surface area contributed by atoms with Crippen LogP contribution in [-0.4, -0.2) is 15.8 Å². The number of amides is 1. The van der Waals surface area contributed by atoms with Crippen LogP contribution in [0.4, 0.5) is 5.69 Å². The van der Waals surface area contributed by atoms with Crippen LogP contribution in [0.2, 0.25) is 0 Å². The van der Waals surface area contributed by atoms with Crippen molar-refractivity contribution in [3.05, 3.63) is 80.8 Å². The van der Waals surface area contributed by atoms with Crippen molar-refractivity contribution < 1.29 is 9.72 Å². The third kappa shape index (κ3) is 4.57. The van der Waals surface area contributed by atoms with Gasteiger partial charge in [-0.3, -0.25) is 14.9 Å². The molecule has 0 unspecified atom stereocenters. The monoisotopic (exact) mass is 381 g/mol. The van der Waals surface area contributed by atoms with Crippen molar-refractivity contribution >= 4 is 22.9 Å². The number of benzene rings is 2. The van der Waals surface area contributed by atoms with Gasteiger partial charge in [-0.2, -0.15) is 0 Å². The maximum Gasteiger partial charge on any atom is 0.270 e. The van der Waals surface area contributed by atoms with Crippen LogP contribution in [0.25, 0.3) is 10.6 Å². The molecule has 7 heteroatoms. The van der Waals surface area contributed by atoms with Crippen LogP contribution in [0.3, 0.4) is 0 Å². The first-order chi connectivity index (χ1) is 13.1. The maximum absolute atomic E-state index is 12.7. The molecule has 0 aliphatic heterocycles. The number of nitro benzene ring substituents is 1. The van der Waals surface area contributed by atoms with Gasteiger partial charge < -0.3 is 5.32 Å². The SMILES string of the molecule is CCCc1ccc([N+](=O)[O-])cc1C(=O)NCc1cccc(-c2nccs2)c1. The molecule has 1 aromatic heterocycles. The highest BCUT2D eigenvalue weighted by atomic mass is 32.1. The molecule has 3 rings (SSSR count). The molecule has 0 bridgehead atoms. The molecule has 0 fully saturated rings. The molecule has 0 aliphatic carbocycles. The van der Waals surface area contributed by atoms with Crippen LogP contribution in [0.15, 0.2) is 54.0 Å². The van der Waals surface area contributed by atoms with Crippen molar-refractivity contribution in [1.82, 2.24) is 10.3 Å². The first-order valence-electron chi connectivity index (χ1n) is 8.63.